The van der Waals surface area contributed by atoms with Crippen LogP contribution in [0.2, 0.25) is 0 Å². The maximum absolute atomic E-state index is 12.6. The summed E-state index contributed by atoms with van der Waals surface area (Å²) in [5.74, 6) is -0.195. The van der Waals surface area contributed by atoms with Gasteiger partial charge in [0.05, 0.1) is 4.90 Å². The first-order valence-electron chi connectivity index (χ1n) is 8.37. The average molecular weight is 358 g/mol. The summed E-state index contributed by atoms with van der Waals surface area (Å²) in [4.78, 5) is 11.2. The Bertz CT molecular complexity index is 889. The zero-order valence-electron chi connectivity index (χ0n) is 14.4. The van der Waals surface area contributed by atoms with E-state index >= 15 is 0 Å². The molecule has 0 heterocycles. The Hall–Kier alpha value is -2.18. The Morgan fingerprint density at radius 3 is 2.40 bits per heavy atom. The summed E-state index contributed by atoms with van der Waals surface area (Å²) in [5.41, 5.74) is 4.23. The van der Waals surface area contributed by atoms with Gasteiger partial charge in [0.1, 0.15) is 0 Å². The maximum atomic E-state index is 12.6. The fourth-order valence-corrected chi connectivity index (χ4v) is 4.38. The summed E-state index contributed by atoms with van der Waals surface area (Å²) >= 11 is 0. The molecule has 0 saturated carbocycles. The van der Waals surface area contributed by atoms with Crippen LogP contribution in [-0.4, -0.2) is 14.3 Å². The molecule has 0 fully saturated rings. The molecule has 2 aromatic carbocycles. The van der Waals surface area contributed by atoms with Crippen LogP contribution in [0.4, 0.5) is 5.69 Å². The van der Waals surface area contributed by atoms with Crippen LogP contribution in [0.3, 0.4) is 0 Å². The van der Waals surface area contributed by atoms with Gasteiger partial charge >= 0.3 is 0 Å². The summed E-state index contributed by atoms with van der Waals surface area (Å²) in [7, 11) is -3.63. The molecule has 1 atom stereocenters. The minimum Gasteiger partial charge on any atom is -0.326 e. The molecule has 5 nitrogen and oxygen atoms in total. The third-order valence-electron chi connectivity index (χ3n) is 4.44. The van der Waals surface area contributed by atoms with Gasteiger partial charge in [-0.1, -0.05) is 18.2 Å². The molecule has 25 heavy (non-hydrogen) atoms. The van der Waals surface area contributed by atoms with E-state index in [0.29, 0.717) is 5.69 Å². The molecule has 0 spiro atoms. The van der Waals surface area contributed by atoms with Crippen molar-refractivity contribution >= 4 is 21.6 Å². The molecule has 132 valence electrons. The van der Waals surface area contributed by atoms with E-state index in [4.69, 9.17) is 0 Å². The van der Waals surface area contributed by atoms with Crippen molar-refractivity contribution in [3.8, 4) is 0 Å². The van der Waals surface area contributed by atoms with Crippen LogP contribution in [0.5, 0.6) is 0 Å². The number of hydrogen-bond donors (Lipinski definition) is 2. The molecule has 2 aromatic rings. The molecule has 1 unspecified atom stereocenters. The summed E-state index contributed by atoms with van der Waals surface area (Å²) < 4.78 is 27.9. The molecule has 1 aliphatic carbocycles. The third kappa shape index (κ3) is 4.08. The first-order chi connectivity index (χ1) is 11.8. The van der Waals surface area contributed by atoms with Gasteiger partial charge in [0.25, 0.3) is 0 Å². The van der Waals surface area contributed by atoms with Crippen LogP contribution in [0.25, 0.3) is 0 Å². The smallest absolute Gasteiger partial charge is 0.241 e. The van der Waals surface area contributed by atoms with Gasteiger partial charge in [-0.2, -0.15) is 0 Å². The monoisotopic (exact) mass is 358 g/mol. The number of benzene rings is 2. The third-order valence-corrected chi connectivity index (χ3v) is 6.00. The molecule has 3 rings (SSSR count). The van der Waals surface area contributed by atoms with Gasteiger partial charge in [0, 0.05) is 18.7 Å². The first-order valence-corrected chi connectivity index (χ1v) is 9.85. The molecule has 0 radical (unpaired) electrons. The van der Waals surface area contributed by atoms with E-state index in [9.17, 15) is 13.2 Å². The fourth-order valence-electron chi connectivity index (χ4n) is 3.15. The lowest BCUT2D eigenvalue weighted by atomic mass is 10.0. The van der Waals surface area contributed by atoms with Gasteiger partial charge in [0.2, 0.25) is 15.9 Å². The van der Waals surface area contributed by atoms with E-state index < -0.39 is 10.0 Å². The number of amides is 1. The second-order valence-electron chi connectivity index (χ2n) is 6.43. The number of carbonyl (C=O) groups excluding carboxylic acids is 1. The molecule has 0 bridgehead atoms. The molecule has 1 aliphatic rings. The lowest BCUT2D eigenvalue weighted by Crippen LogP contribution is -2.27. The molecular weight excluding hydrogens is 336 g/mol. The van der Waals surface area contributed by atoms with Gasteiger partial charge in [0.15, 0.2) is 0 Å². The lowest BCUT2D eigenvalue weighted by Gasteiger charge is -2.16. The van der Waals surface area contributed by atoms with E-state index in [1.54, 1.807) is 12.1 Å². The highest BCUT2D eigenvalue weighted by Crippen LogP contribution is 2.26. The molecule has 0 aromatic heterocycles. The lowest BCUT2D eigenvalue weighted by molar-refractivity contribution is -0.114. The van der Waals surface area contributed by atoms with Crippen LogP contribution in [0, 0.1) is 0 Å². The van der Waals surface area contributed by atoms with Gasteiger partial charge in [-0.15, -0.1) is 0 Å². The Labute approximate surface area is 148 Å². The van der Waals surface area contributed by atoms with Crippen LogP contribution in [0.1, 0.15) is 43.0 Å². The fraction of sp³-hybridized carbons (Fsp3) is 0.316. The highest BCUT2D eigenvalue weighted by Gasteiger charge is 2.20. The number of anilines is 1. The quantitative estimate of drug-likeness (QED) is 0.862. The predicted molar refractivity (Wildman–Crippen MR) is 97.9 cm³/mol. The van der Waals surface area contributed by atoms with Crippen molar-refractivity contribution in [1.82, 2.24) is 4.72 Å². The zero-order valence-corrected chi connectivity index (χ0v) is 15.2. The Balaban J connectivity index is 1.75. The largest absolute Gasteiger partial charge is 0.326 e. The van der Waals surface area contributed by atoms with Crippen molar-refractivity contribution in [3.63, 3.8) is 0 Å². The van der Waals surface area contributed by atoms with E-state index in [1.807, 2.05) is 13.0 Å². The van der Waals surface area contributed by atoms with Crippen LogP contribution >= 0.6 is 0 Å². The molecule has 6 heteroatoms. The molecular formula is C19H22N2O3S. The van der Waals surface area contributed by atoms with Gasteiger partial charge < -0.3 is 5.32 Å². The van der Waals surface area contributed by atoms with E-state index in [0.717, 1.165) is 18.4 Å². The SMILES string of the molecule is CC(=O)Nc1ccc(S(=O)(=O)NC(C)c2ccc3c(c2)CCC3)cc1. The molecule has 0 aliphatic heterocycles. The topological polar surface area (TPSA) is 75.3 Å². The summed E-state index contributed by atoms with van der Waals surface area (Å²) in [5, 5.41) is 2.62. The second-order valence-corrected chi connectivity index (χ2v) is 8.14. The highest BCUT2D eigenvalue weighted by atomic mass is 32.2. The Morgan fingerprint density at radius 1 is 1.04 bits per heavy atom. The van der Waals surface area contributed by atoms with E-state index in [1.165, 1.54) is 36.6 Å². The number of carbonyl (C=O) groups is 1. The van der Waals surface area contributed by atoms with Gasteiger partial charge in [-0.05, 0) is 67.1 Å². The Morgan fingerprint density at radius 2 is 1.72 bits per heavy atom. The van der Waals surface area contributed by atoms with Crippen LogP contribution < -0.4 is 10.0 Å². The maximum Gasteiger partial charge on any atom is 0.241 e. The second kappa shape index (κ2) is 6.98. The van der Waals surface area contributed by atoms with Crippen molar-refractivity contribution in [2.24, 2.45) is 0 Å². The van der Waals surface area contributed by atoms with Crippen molar-refractivity contribution in [2.75, 3.05) is 5.32 Å². The summed E-state index contributed by atoms with van der Waals surface area (Å²) in [6, 6.07) is 12.0. The number of nitrogens with one attached hydrogen (secondary N) is 2. The molecule has 0 saturated heterocycles. The number of fused-ring (bicyclic) bond motifs is 1. The number of hydrogen-bond acceptors (Lipinski definition) is 3. The minimum atomic E-state index is -3.63. The van der Waals surface area contributed by atoms with Crippen LogP contribution in [-0.2, 0) is 27.7 Å². The van der Waals surface area contributed by atoms with Crippen molar-refractivity contribution in [1.29, 1.82) is 0 Å². The average Bonchev–Trinajstić information content (AvgIpc) is 3.02. The van der Waals surface area contributed by atoms with E-state index in [-0.39, 0.29) is 16.8 Å². The van der Waals surface area contributed by atoms with Crippen molar-refractivity contribution in [2.45, 2.75) is 44.0 Å². The van der Waals surface area contributed by atoms with Gasteiger partial charge in [-0.3, -0.25) is 4.79 Å². The zero-order chi connectivity index (χ0) is 18.0. The summed E-state index contributed by atoms with van der Waals surface area (Å²) in [6.07, 6.45) is 3.34. The molecule has 2 N–H and O–H groups in total. The Kier molecular flexibility index (Phi) is 4.92. The normalized spacial score (nSPS) is 14.8. The summed E-state index contributed by atoms with van der Waals surface area (Å²) in [6.45, 7) is 3.25. The highest BCUT2D eigenvalue weighted by molar-refractivity contribution is 7.89. The number of sulfonamides is 1. The van der Waals surface area contributed by atoms with Crippen molar-refractivity contribution in [3.05, 3.63) is 59.2 Å². The number of aryl methyl sites for hydroxylation is 2. The van der Waals surface area contributed by atoms with Crippen molar-refractivity contribution < 1.29 is 13.2 Å². The predicted octanol–water partition coefficient (Wildman–Crippen LogP) is 3.17. The van der Waals surface area contributed by atoms with E-state index in [2.05, 4.69) is 22.2 Å². The minimum absolute atomic E-state index is 0.176. The number of rotatable bonds is 5. The van der Waals surface area contributed by atoms with Crippen LogP contribution in [0.15, 0.2) is 47.4 Å². The van der Waals surface area contributed by atoms with Gasteiger partial charge in [-0.25, -0.2) is 13.1 Å². The standard InChI is InChI=1S/C19H22N2O3S/c1-13(16-7-6-15-4-3-5-17(15)12-16)21-25(23,24)19-10-8-18(9-11-19)20-14(2)22/h6-13,21H,3-5H2,1-2H3,(H,20,22). The first kappa shape index (κ1) is 17.6. The molecule has 1 amide bonds.